The Balaban J connectivity index is 1.56. The molecule has 0 unspecified atom stereocenters. The molecule has 150 valence electrons. The molecule has 1 amide bonds. The van der Waals surface area contributed by atoms with Crippen LogP contribution in [0.3, 0.4) is 0 Å². The van der Waals surface area contributed by atoms with E-state index in [4.69, 9.17) is 11.6 Å². The smallest absolute Gasteiger partial charge is 0.263 e. The summed E-state index contributed by atoms with van der Waals surface area (Å²) in [4.78, 5) is 32.1. The molecule has 0 spiro atoms. The number of halogens is 1. The SMILES string of the molecule is C[C@@H]1CCc2c(sc3ncn([C@@H](C)C(=O)NN=Cc4cccc(Cl)c4)c(=O)c23)C1. The number of aryl methyl sites for hydroxylation is 1. The topological polar surface area (TPSA) is 76.3 Å². The number of amides is 1. The van der Waals surface area contributed by atoms with Crippen LogP contribution in [0, 0.1) is 5.92 Å². The molecule has 3 aromatic rings. The molecule has 1 aliphatic carbocycles. The van der Waals surface area contributed by atoms with Gasteiger partial charge in [-0.3, -0.25) is 14.2 Å². The number of fused-ring (bicyclic) bond motifs is 3. The van der Waals surface area contributed by atoms with Crippen molar-refractivity contribution in [2.24, 2.45) is 11.0 Å². The average molecular weight is 429 g/mol. The molecule has 0 saturated heterocycles. The fraction of sp³-hybridized carbons (Fsp3) is 0.333. The lowest BCUT2D eigenvalue weighted by molar-refractivity contribution is -0.123. The van der Waals surface area contributed by atoms with Crippen molar-refractivity contribution in [1.29, 1.82) is 0 Å². The number of nitrogens with one attached hydrogen (secondary N) is 1. The summed E-state index contributed by atoms with van der Waals surface area (Å²) in [6.45, 7) is 3.90. The number of nitrogens with zero attached hydrogens (tertiary/aromatic N) is 3. The Morgan fingerprint density at radius 1 is 1.48 bits per heavy atom. The minimum atomic E-state index is -0.728. The summed E-state index contributed by atoms with van der Waals surface area (Å²) in [5, 5.41) is 5.23. The number of rotatable bonds is 4. The Kier molecular flexibility index (Phi) is 5.52. The Hall–Kier alpha value is -2.51. The number of hydrogen-bond donors (Lipinski definition) is 1. The molecule has 0 fully saturated rings. The van der Waals surface area contributed by atoms with Gasteiger partial charge < -0.3 is 0 Å². The van der Waals surface area contributed by atoms with Crippen molar-refractivity contribution < 1.29 is 4.79 Å². The predicted molar refractivity (Wildman–Crippen MR) is 117 cm³/mol. The van der Waals surface area contributed by atoms with Crippen molar-refractivity contribution in [1.82, 2.24) is 15.0 Å². The van der Waals surface area contributed by atoms with Gasteiger partial charge in [-0.2, -0.15) is 5.10 Å². The number of thiophene rings is 1. The molecule has 0 saturated carbocycles. The molecular formula is C21H21ClN4O2S. The summed E-state index contributed by atoms with van der Waals surface area (Å²) >= 11 is 7.54. The van der Waals surface area contributed by atoms with Crippen LogP contribution in [-0.2, 0) is 17.6 Å². The van der Waals surface area contributed by atoms with E-state index in [0.717, 1.165) is 35.2 Å². The van der Waals surface area contributed by atoms with E-state index in [1.54, 1.807) is 36.5 Å². The van der Waals surface area contributed by atoms with E-state index in [2.05, 4.69) is 22.4 Å². The molecule has 1 aliphatic rings. The van der Waals surface area contributed by atoms with Crippen LogP contribution in [0.1, 0.15) is 42.3 Å². The third-order valence-corrected chi connectivity index (χ3v) is 6.67. The molecule has 0 bridgehead atoms. The lowest BCUT2D eigenvalue weighted by Gasteiger charge is -2.18. The molecule has 29 heavy (non-hydrogen) atoms. The lowest BCUT2D eigenvalue weighted by atomic mass is 9.89. The van der Waals surface area contributed by atoms with Crippen molar-refractivity contribution >= 4 is 45.3 Å². The highest BCUT2D eigenvalue weighted by Crippen LogP contribution is 2.35. The molecule has 8 heteroatoms. The Morgan fingerprint density at radius 2 is 2.31 bits per heavy atom. The standard InChI is InChI=1S/C21H21ClN4O2S/c1-12-6-7-16-17(8-12)29-20-18(16)21(28)26(11-23-20)13(2)19(27)25-24-10-14-4-3-5-15(22)9-14/h3-5,9-13H,6-8H2,1-2H3,(H,25,27)/t12-,13+/m1/s1. The fourth-order valence-electron chi connectivity index (χ4n) is 3.60. The monoisotopic (exact) mass is 428 g/mol. The first-order valence-electron chi connectivity index (χ1n) is 9.54. The quantitative estimate of drug-likeness (QED) is 0.505. The highest BCUT2D eigenvalue weighted by molar-refractivity contribution is 7.18. The molecular weight excluding hydrogens is 408 g/mol. The summed E-state index contributed by atoms with van der Waals surface area (Å²) in [5.41, 5.74) is 4.21. The van der Waals surface area contributed by atoms with E-state index >= 15 is 0 Å². The van der Waals surface area contributed by atoms with Crippen LogP contribution in [0.4, 0.5) is 0 Å². The molecule has 2 heterocycles. The van der Waals surface area contributed by atoms with Crippen molar-refractivity contribution in [2.75, 3.05) is 0 Å². The maximum Gasteiger partial charge on any atom is 0.263 e. The van der Waals surface area contributed by atoms with Gasteiger partial charge in [0, 0.05) is 9.90 Å². The van der Waals surface area contributed by atoms with Crippen LogP contribution in [0.5, 0.6) is 0 Å². The predicted octanol–water partition coefficient (Wildman–Crippen LogP) is 3.95. The van der Waals surface area contributed by atoms with Gasteiger partial charge >= 0.3 is 0 Å². The van der Waals surface area contributed by atoms with Gasteiger partial charge in [-0.05, 0) is 55.4 Å². The molecule has 2 aromatic heterocycles. The van der Waals surface area contributed by atoms with Crippen LogP contribution >= 0.6 is 22.9 Å². The van der Waals surface area contributed by atoms with Crippen LogP contribution < -0.4 is 11.0 Å². The Labute approximate surface area is 177 Å². The minimum absolute atomic E-state index is 0.163. The van der Waals surface area contributed by atoms with Crippen LogP contribution in [0.25, 0.3) is 10.2 Å². The summed E-state index contributed by atoms with van der Waals surface area (Å²) in [6.07, 6.45) is 5.92. The van der Waals surface area contributed by atoms with Gasteiger partial charge in [0.25, 0.3) is 11.5 Å². The molecule has 6 nitrogen and oxygen atoms in total. The molecule has 2 atom stereocenters. The number of aromatic nitrogens is 2. The summed E-state index contributed by atoms with van der Waals surface area (Å²) < 4.78 is 1.39. The first-order chi connectivity index (χ1) is 13.9. The highest BCUT2D eigenvalue weighted by Gasteiger charge is 2.25. The number of carbonyl (C=O) groups excluding carboxylic acids is 1. The highest BCUT2D eigenvalue weighted by atomic mass is 35.5. The normalized spacial score (nSPS) is 17.4. The molecule has 1 N–H and O–H groups in total. The van der Waals surface area contributed by atoms with E-state index in [-0.39, 0.29) is 11.5 Å². The average Bonchev–Trinajstić information content (AvgIpc) is 3.06. The van der Waals surface area contributed by atoms with Crippen LogP contribution in [-0.4, -0.2) is 21.7 Å². The second-order valence-corrected chi connectivity index (χ2v) is 8.97. The Bertz CT molecular complexity index is 1170. The van der Waals surface area contributed by atoms with Crippen LogP contribution in [0.15, 0.2) is 40.5 Å². The number of benzene rings is 1. The summed E-state index contributed by atoms with van der Waals surface area (Å²) in [6, 6.07) is 6.40. The van der Waals surface area contributed by atoms with Gasteiger partial charge in [-0.1, -0.05) is 30.7 Å². The second kappa shape index (κ2) is 8.08. The second-order valence-electron chi connectivity index (χ2n) is 7.45. The van der Waals surface area contributed by atoms with Crippen molar-refractivity contribution in [2.45, 2.75) is 39.2 Å². The largest absolute Gasteiger partial charge is 0.286 e. The van der Waals surface area contributed by atoms with Crippen molar-refractivity contribution in [3.63, 3.8) is 0 Å². The molecule has 1 aromatic carbocycles. The van der Waals surface area contributed by atoms with Gasteiger partial charge in [0.2, 0.25) is 0 Å². The number of hydrazone groups is 1. The van der Waals surface area contributed by atoms with E-state index < -0.39 is 6.04 Å². The molecule has 4 rings (SSSR count). The zero-order valence-electron chi connectivity index (χ0n) is 16.2. The van der Waals surface area contributed by atoms with Gasteiger partial charge in [0.05, 0.1) is 17.9 Å². The van der Waals surface area contributed by atoms with E-state index in [0.29, 0.717) is 16.3 Å². The third kappa shape index (κ3) is 3.97. The molecule has 0 aliphatic heterocycles. The van der Waals surface area contributed by atoms with E-state index in [9.17, 15) is 9.59 Å². The zero-order valence-corrected chi connectivity index (χ0v) is 17.8. The summed E-state index contributed by atoms with van der Waals surface area (Å²) in [7, 11) is 0. The third-order valence-electron chi connectivity index (χ3n) is 5.27. The van der Waals surface area contributed by atoms with Crippen molar-refractivity contribution in [3.8, 4) is 0 Å². The van der Waals surface area contributed by atoms with E-state index in [1.165, 1.54) is 22.0 Å². The fourth-order valence-corrected chi connectivity index (χ4v) is 5.14. The van der Waals surface area contributed by atoms with E-state index in [1.807, 2.05) is 6.07 Å². The lowest BCUT2D eigenvalue weighted by Crippen LogP contribution is -2.34. The molecule has 0 radical (unpaired) electrons. The minimum Gasteiger partial charge on any atom is -0.286 e. The Morgan fingerprint density at radius 3 is 3.10 bits per heavy atom. The van der Waals surface area contributed by atoms with Gasteiger partial charge in [-0.25, -0.2) is 10.4 Å². The van der Waals surface area contributed by atoms with Crippen molar-refractivity contribution in [3.05, 3.63) is 62.0 Å². The first-order valence-corrected chi connectivity index (χ1v) is 10.7. The van der Waals surface area contributed by atoms with Gasteiger partial charge in [0.15, 0.2) is 0 Å². The first kappa shape index (κ1) is 19.8. The number of carbonyl (C=O) groups is 1. The maximum absolute atomic E-state index is 13.1. The maximum atomic E-state index is 13.1. The van der Waals surface area contributed by atoms with Crippen LogP contribution in [0.2, 0.25) is 5.02 Å². The summed E-state index contributed by atoms with van der Waals surface area (Å²) in [5.74, 6) is 0.240. The zero-order chi connectivity index (χ0) is 20.5. The van der Waals surface area contributed by atoms with Gasteiger partial charge in [-0.15, -0.1) is 11.3 Å². The number of hydrogen-bond acceptors (Lipinski definition) is 5. The van der Waals surface area contributed by atoms with Gasteiger partial charge in [0.1, 0.15) is 10.9 Å².